The molecule has 0 bridgehead atoms. The lowest BCUT2D eigenvalue weighted by Crippen LogP contribution is -2.26. The lowest BCUT2D eigenvalue weighted by atomic mass is 10.2. The smallest absolute Gasteiger partial charge is 0.245 e. The molecule has 1 aromatic carbocycles. The van der Waals surface area contributed by atoms with Crippen LogP contribution in [-0.4, -0.2) is 18.0 Å². The molecule has 1 aromatic rings. The number of hydroxylamine groups is 2. The Bertz CT molecular complexity index is 384. The Kier molecular flexibility index (Phi) is 5.76. The Hall–Kier alpha value is -1.86. The first kappa shape index (κ1) is 13.2. The van der Waals surface area contributed by atoms with E-state index in [1.807, 2.05) is 36.4 Å². The van der Waals surface area contributed by atoms with Crippen molar-refractivity contribution in [1.29, 1.82) is 5.26 Å². The molecule has 0 unspecified atom stereocenters. The standard InChI is InChI=1S/C13H16N2O2/c1-15(13(16)9-5-6-10-14)17-11-12-7-3-2-4-8-12/h2-4,7-8H,5-6,9,11H2,1H3. The van der Waals surface area contributed by atoms with Crippen molar-refractivity contribution in [3.05, 3.63) is 35.9 Å². The molecule has 0 spiro atoms. The van der Waals surface area contributed by atoms with Crippen LogP contribution in [0.25, 0.3) is 0 Å². The minimum Gasteiger partial charge on any atom is -0.273 e. The minimum atomic E-state index is -0.101. The van der Waals surface area contributed by atoms with Gasteiger partial charge in [0, 0.05) is 19.9 Å². The molecule has 0 heterocycles. The van der Waals surface area contributed by atoms with E-state index in [1.165, 1.54) is 5.06 Å². The second-order valence-electron chi connectivity index (χ2n) is 3.66. The lowest BCUT2D eigenvalue weighted by molar-refractivity contribution is -0.182. The fraction of sp³-hybridized carbons (Fsp3) is 0.385. The molecule has 0 aromatic heterocycles. The van der Waals surface area contributed by atoms with E-state index in [0.717, 1.165) is 5.56 Å². The summed E-state index contributed by atoms with van der Waals surface area (Å²) in [4.78, 5) is 16.9. The van der Waals surface area contributed by atoms with Crippen molar-refractivity contribution >= 4 is 5.91 Å². The van der Waals surface area contributed by atoms with Gasteiger partial charge in [0.1, 0.15) is 6.61 Å². The molecular weight excluding hydrogens is 216 g/mol. The van der Waals surface area contributed by atoms with Crippen LogP contribution >= 0.6 is 0 Å². The van der Waals surface area contributed by atoms with E-state index in [9.17, 15) is 4.79 Å². The van der Waals surface area contributed by atoms with Crippen LogP contribution in [0.15, 0.2) is 30.3 Å². The van der Waals surface area contributed by atoms with Crippen molar-refractivity contribution in [2.24, 2.45) is 0 Å². The van der Waals surface area contributed by atoms with E-state index < -0.39 is 0 Å². The van der Waals surface area contributed by atoms with E-state index in [0.29, 0.717) is 25.9 Å². The molecule has 1 rings (SSSR count). The molecule has 0 N–H and O–H groups in total. The summed E-state index contributed by atoms with van der Waals surface area (Å²) in [5, 5.41) is 9.60. The maximum absolute atomic E-state index is 11.5. The van der Waals surface area contributed by atoms with Gasteiger partial charge in [-0.3, -0.25) is 9.63 Å². The zero-order valence-corrected chi connectivity index (χ0v) is 9.93. The van der Waals surface area contributed by atoms with Gasteiger partial charge in [0.05, 0.1) is 6.07 Å². The van der Waals surface area contributed by atoms with Gasteiger partial charge in [-0.05, 0) is 12.0 Å². The zero-order chi connectivity index (χ0) is 12.5. The second kappa shape index (κ2) is 7.42. The van der Waals surface area contributed by atoms with Gasteiger partial charge in [-0.15, -0.1) is 0 Å². The van der Waals surface area contributed by atoms with Crippen LogP contribution in [0.5, 0.6) is 0 Å². The summed E-state index contributed by atoms with van der Waals surface area (Å²) >= 11 is 0. The summed E-state index contributed by atoms with van der Waals surface area (Å²) < 4.78 is 0. The van der Waals surface area contributed by atoms with Crippen LogP contribution in [0.3, 0.4) is 0 Å². The summed E-state index contributed by atoms with van der Waals surface area (Å²) in [7, 11) is 1.59. The number of rotatable bonds is 6. The molecule has 0 aliphatic rings. The van der Waals surface area contributed by atoms with Crippen LogP contribution in [0, 0.1) is 11.3 Å². The number of nitriles is 1. The van der Waals surface area contributed by atoms with E-state index in [4.69, 9.17) is 10.1 Å². The van der Waals surface area contributed by atoms with Gasteiger partial charge in [-0.25, -0.2) is 5.06 Å². The van der Waals surface area contributed by atoms with Crippen molar-refractivity contribution in [1.82, 2.24) is 5.06 Å². The molecule has 0 fully saturated rings. The van der Waals surface area contributed by atoms with E-state index in [2.05, 4.69) is 0 Å². The Morgan fingerprint density at radius 1 is 1.41 bits per heavy atom. The monoisotopic (exact) mass is 232 g/mol. The van der Waals surface area contributed by atoms with E-state index in [1.54, 1.807) is 7.05 Å². The minimum absolute atomic E-state index is 0.101. The maximum Gasteiger partial charge on any atom is 0.245 e. The number of unbranched alkanes of at least 4 members (excludes halogenated alkanes) is 1. The number of hydrogen-bond acceptors (Lipinski definition) is 3. The molecule has 0 radical (unpaired) electrons. The van der Waals surface area contributed by atoms with Crippen molar-refractivity contribution in [3.63, 3.8) is 0 Å². The largest absolute Gasteiger partial charge is 0.273 e. The Morgan fingerprint density at radius 2 is 2.12 bits per heavy atom. The van der Waals surface area contributed by atoms with Crippen LogP contribution in [0.1, 0.15) is 24.8 Å². The first-order valence-corrected chi connectivity index (χ1v) is 5.54. The van der Waals surface area contributed by atoms with Gasteiger partial charge in [-0.1, -0.05) is 30.3 Å². The molecule has 4 heteroatoms. The number of benzene rings is 1. The highest BCUT2D eigenvalue weighted by atomic mass is 16.7. The number of carbonyl (C=O) groups excluding carboxylic acids is 1. The molecule has 1 amide bonds. The van der Waals surface area contributed by atoms with Gasteiger partial charge >= 0.3 is 0 Å². The third-order valence-corrected chi connectivity index (χ3v) is 2.30. The van der Waals surface area contributed by atoms with Gasteiger partial charge < -0.3 is 0 Å². The van der Waals surface area contributed by atoms with Crippen LogP contribution in [0.2, 0.25) is 0 Å². The number of carbonyl (C=O) groups is 1. The SMILES string of the molecule is CN(OCc1ccccc1)C(=O)CCCC#N. The average molecular weight is 232 g/mol. The van der Waals surface area contributed by atoms with Gasteiger partial charge in [0.2, 0.25) is 5.91 Å². The van der Waals surface area contributed by atoms with Crippen molar-refractivity contribution < 1.29 is 9.63 Å². The van der Waals surface area contributed by atoms with Gasteiger partial charge in [0.15, 0.2) is 0 Å². The predicted molar refractivity (Wildman–Crippen MR) is 63.5 cm³/mol. The second-order valence-corrected chi connectivity index (χ2v) is 3.66. The first-order chi connectivity index (χ1) is 8.24. The number of amides is 1. The summed E-state index contributed by atoms with van der Waals surface area (Å²) in [5.41, 5.74) is 1.02. The topological polar surface area (TPSA) is 53.3 Å². The molecule has 17 heavy (non-hydrogen) atoms. The first-order valence-electron chi connectivity index (χ1n) is 5.54. The summed E-state index contributed by atoms with van der Waals surface area (Å²) in [6.45, 7) is 0.376. The van der Waals surface area contributed by atoms with Gasteiger partial charge in [-0.2, -0.15) is 5.26 Å². The molecule has 0 aliphatic heterocycles. The number of hydrogen-bond donors (Lipinski definition) is 0. The fourth-order valence-electron chi connectivity index (χ4n) is 1.29. The highest BCUT2D eigenvalue weighted by Gasteiger charge is 2.08. The quantitative estimate of drug-likeness (QED) is 0.558. The molecule has 4 nitrogen and oxygen atoms in total. The molecule has 0 saturated carbocycles. The summed E-state index contributed by atoms with van der Waals surface area (Å²) in [6.07, 6.45) is 1.32. The van der Waals surface area contributed by atoms with Crippen molar-refractivity contribution in [2.75, 3.05) is 7.05 Å². The summed E-state index contributed by atoms with van der Waals surface area (Å²) in [5.74, 6) is -0.101. The highest BCUT2D eigenvalue weighted by molar-refractivity contribution is 5.74. The molecule has 0 saturated heterocycles. The Labute approximate surface area is 101 Å². The fourth-order valence-corrected chi connectivity index (χ4v) is 1.29. The lowest BCUT2D eigenvalue weighted by Gasteiger charge is -2.16. The van der Waals surface area contributed by atoms with Gasteiger partial charge in [0.25, 0.3) is 0 Å². The summed E-state index contributed by atoms with van der Waals surface area (Å²) in [6, 6.07) is 11.7. The predicted octanol–water partition coefficient (Wildman–Crippen LogP) is 2.27. The highest BCUT2D eigenvalue weighted by Crippen LogP contribution is 2.04. The Morgan fingerprint density at radius 3 is 2.76 bits per heavy atom. The molecule has 90 valence electrons. The third kappa shape index (κ3) is 5.14. The molecule has 0 aliphatic carbocycles. The third-order valence-electron chi connectivity index (χ3n) is 2.30. The molecule has 0 atom stereocenters. The maximum atomic E-state index is 11.5. The van der Waals surface area contributed by atoms with Crippen LogP contribution in [-0.2, 0) is 16.2 Å². The average Bonchev–Trinajstić information content (AvgIpc) is 2.37. The van der Waals surface area contributed by atoms with E-state index in [-0.39, 0.29) is 5.91 Å². The van der Waals surface area contributed by atoms with Crippen molar-refractivity contribution in [2.45, 2.75) is 25.9 Å². The van der Waals surface area contributed by atoms with E-state index >= 15 is 0 Å². The van der Waals surface area contributed by atoms with Crippen LogP contribution in [0.4, 0.5) is 0 Å². The number of nitrogens with zero attached hydrogens (tertiary/aromatic N) is 2. The normalized spacial score (nSPS) is 9.65. The van der Waals surface area contributed by atoms with Crippen molar-refractivity contribution in [3.8, 4) is 6.07 Å². The zero-order valence-electron chi connectivity index (χ0n) is 9.93. The Balaban J connectivity index is 2.27. The molecular formula is C13H16N2O2. The van der Waals surface area contributed by atoms with Crippen LogP contribution < -0.4 is 0 Å².